The van der Waals surface area contributed by atoms with E-state index < -0.39 is 11.9 Å². The molecule has 0 radical (unpaired) electrons. The van der Waals surface area contributed by atoms with Gasteiger partial charge in [-0.1, -0.05) is 24.3 Å². The van der Waals surface area contributed by atoms with Crippen molar-refractivity contribution in [3.05, 3.63) is 42.0 Å². The van der Waals surface area contributed by atoms with Gasteiger partial charge in [0.1, 0.15) is 5.75 Å². The van der Waals surface area contributed by atoms with E-state index in [0.717, 1.165) is 11.6 Å². The molecule has 16 heavy (non-hydrogen) atoms. The molecule has 0 aliphatic heterocycles. The standard InChI is InChI=1S/C12H12O4/c1-9(13)16-11-7-3-2-5-10(11)6-4-8-12(14)15/h2-5,7-8H,6H2,1H3,(H,14,15)/b8-4+. The lowest BCUT2D eigenvalue weighted by Crippen LogP contribution is -2.03. The lowest BCUT2D eigenvalue weighted by Gasteiger charge is -2.06. The van der Waals surface area contributed by atoms with Gasteiger partial charge < -0.3 is 9.84 Å². The van der Waals surface area contributed by atoms with Gasteiger partial charge in [-0.2, -0.15) is 0 Å². The van der Waals surface area contributed by atoms with Gasteiger partial charge in [0.2, 0.25) is 0 Å². The third-order valence-corrected chi connectivity index (χ3v) is 1.82. The number of hydrogen-bond acceptors (Lipinski definition) is 3. The third kappa shape index (κ3) is 3.96. The Bertz CT molecular complexity index is 421. The molecule has 0 amide bonds. The number of carboxylic acid groups (broad SMARTS) is 1. The highest BCUT2D eigenvalue weighted by molar-refractivity contribution is 5.79. The topological polar surface area (TPSA) is 63.6 Å². The molecule has 0 saturated carbocycles. The van der Waals surface area contributed by atoms with E-state index >= 15 is 0 Å². The maximum absolute atomic E-state index is 10.8. The first-order valence-electron chi connectivity index (χ1n) is 4.75. The summed E-state index contributed by atoms with van der Waals surface area (Å²) in [7, 11) is 0. The van der Waals surface area contributed by atoms with E-state index in [1.165, 1.54) is 13.0 Å². The minimum Gasteiger partial charge on any atom is -0.478 e. The van der Waals surface area contributed by atoms with E-state index in [0.29, 0.717) is 12.2 Å². The number of ether oxygens (including phenoxy) is 1. The Balaban J connectivity index is 2.78. The quantitative estimate of drug-likeness (QED) is 0.477. The van der Waals surface area contributed by atoms with Crippen LogP contribution in [0.25, 0.3) is 0 Å². The molecular formula is C12H12O4. The molecule has 0 heterocycles. The number of hydrogen-bond donors (Lipinski definition) is 1. The van der Waals surface area contributed by atoms with Crippen molar-refractivity contribution in [3.63, 3.8) is 0 Å². The average molecular weight is 220 g/mol. The summed E-state index contributed by atoms with van der Waals surface area (Å²) in [6, 6.07) is 7.01. The van der Waals surface area contributed by atoms with Crippen LogP contribution in [0.3, 0.4) is 0 Å². The normalized spacial score (nSPS) is 10.3. The fourth-order valence-electron chi connectivity index (χ4n) is 1.21. The zero-order chi connectivity index (χ0) is 12.0. The Hall–Kier alpha value is -2.10. The zero-order valence-electron chi connectivity index (χ0n) is 8.84. The van der Waals surface area contributed by atoms with Crippen LogP contribution in [-0.4, -0.2) is 17.0 Å². The number of carbonyl (C=O) groups is 2. The van der Waals surface area contributed by atoms with Crippen LogP contribution in [0.4, 0.5) is 0 Å². The minimum atomic E-state index is -0.995. The van der Waals surface area contributed by atoms with Crippen LogP contribution in [0.15, 0.2) is 36.4 Å². The molecule has 0 aliphatic carbocycles. The molecule has 0 fully saturated rings. The first kappa shape index (κ1) is 12.0. The van der Waals surface area contributed by atoms with Crippen molar-refractivity contribution in [2.24, 2.45) is 0 Å². The molecule has 84 valence electrons. The monoisotopic (exact) mass is 220 g/mol. The maximum atomic E-state index is 10.8. The lowest BCUT2D eigenvalue weighted by molar-refractivity contribution is -0.132. The number of esters is 1. The number of para-hydroxylation sites is 1. The number of carboxylic acids is 1. The van der Waals surface area contributed by atoms with Gasteiger partial charge in [0.05, 0.1) is 0 Å². The van der Waals surface area contributed by atoms with E-state index in [2.05, 4.69) is 0 Å². The van der Waals surface area contributed by atoms with Gasteiger partial charge in [-0.15, -0.1) is 0 Å². The molecule has 0 saturated heterocycles. The molecule has 1 aromatic rings. The van der Waals surface area contributed by atoms with Crippen LogP contribution in [0.2, 0.25) is 0 Å². The van der Waals surface area contributed by atoms with E-state index in [1.54, 1.807) is 24.3 Å². The molecule has 4 nitrogen and oxygen atoms in total. The summed E-state index contributed by atoms with van der Waals surface area (Å²) in [5, 5.41) is 8.43. The summed E-state index contributed by atoms with van der Waals surface area (Å²) in [5.41, 5.74) is 0.773. The van der Waals surface area contributed by atoms with E-state index in [-0.39, 0.29) is 0 Å². The van der Waals surface area contributed by atoms with Crippen LogP contribution in [0.1, 0.15) is 12.5 Å². The molecule has 0 aromatic heterocycles. The highest BCUT2D eigenvalue weighted by atomic mass is 16.5. The maximum Gasteiger partial charge on any atom is 0.327 e. The van der Waals surface area contributed by atoms with Crippen molar-refractivity contribution in [2.45, 2.75) is 13.3 Å². The van der Waals surface area contributed by atoms with Gasteiger partial charge >= 0.3 is 11.9 Å². The molecule has 0 unspecified atom stereocenters. The lowest BCUT2D eigenvalue weighted by atomic mass is 10.1. The van der Waals surface area contributed by atoms with Crippen LogP contribution >= 0.6 is 0 Å². The molecule has 0 aliphatic rings. The zero-order valence-corrected chi connectivity index (χ0v) is 8.84. The van der Waals surface area contributed by atoms with Crippen LogP contribution in [0, 0.1) is 0 Å². The van der Waals surface area contributed by atoms with Gasteiger partial charge in [0.25, 0.3) is 0 Å². The van der Waals surface area contributed by atoms with E-state index in [1.807, 2.05) is 0 Å². The molecule has 0 bridgehead atoms. The van der Waals surface area contributed by atoms with Crippen molar-refractivity contribution in [1.82, 2.24) is 0 Å². The number of allylic oxidation sites excluding steroid dienone is 1. The Kier molecular flexibility index (Phi) is 4.27. The van der Waals surface area contributed by atoms with Crippen LogP contribution < -0.4 is 4.74 Å². The molecule has 1 N–H and O–H groups in total. The predicted octanol–water partition coefficient (Wildman–Crippen LogP) is 1.80. The van der Waals surface area contributed by atoms with Crippen molar-refractivity contribution in [3.8, 4) is 5.75 Å². The van der Waals surface area contributed by atoms with Gasteiger partial charge in [-0.3, -0.25) is 4.79 Å². The number of benzene rings is 1. The largest absolute Gasteiger partial charge is 0.478 e. The smallest absolute Gasteiger partial charge is 0.327 e. The average Bonchev–Trinajstić information content (AvgIpc) is 2.19. The van der Waals surface area contributed by atoms with E-state index in [9.17, 15) is 9.59 Å². The summed E-state index contributed by atoms with van der Waals surface area (Å²) in [5.74, 6) is -0.926. The second kappa shape index (κ2) is 5.70. The number of rotatable bonds is 4. The Morgan fingerprint density at radius 1 is 1.38 bits per heavy atom. The molecule has 0 spiro atoms. The fourth-order valence-corrected chi connectivity index (χ4v) is 1.21. The molecule has 0 atom stereocenters. The Morgan fingerprint density at radius 2 is 2.06 bits per heavy atom. The highest BCUT2D eigenvalue weighted by Crippen LogP contribution is 2.18. The molecule has 1 aromatic carbocycles. The Labute approximate surface area is 93.2 Å². The summed E-state index contributed by atoms with van der Waals surface area (Å²) < 4.78 is 4.98. The first-order chi connectivity index (χ1) is 7.59. The van der Waals surface area contributed by atoms with Crippen molar-refractivity contribution >= 4 is 11.9 Å². The molecule has 1 rings (SSSR count). The summed E-state index contributed by atoms with van der Waals surface area (Å²) in [6.07, 6.45) is 2.98. The number of carbonyl (C=O) groups excluding carboxylic acids is 1. The van der Waals surface area contributed by atoms with E-state index in [4.69, 9.17) is 9.84 Å². The summed E-state index contributed by atoms with van der Waals surface area (Å²) >= 11 is 0. The summed E-state index contributed by atoms with van der Waals surface area (Å²) in [6.45, 7) is 1.32. The third-order valence-electron chi connectivity index (χ3n) is 1.82. The van der Waals surface area contributed by atoms with Crippen molar-refractivity contribution in [2.75, 3.05) is 0 Å². The Morgan fingerprint density at radius 3 is 2.69 bits per heavy atom. The van der Waals surface area contributed by atoms with Gasteiger partial charge in [0.15, 0.2) is 0 Å². The second-order valence-corrected chi connectivity index (χ2v) is 3.15. The first-order valence-corrected chi connectivity index (χ1v) is 4.75. The SMILES string of the molecule is CC(=O)Oc1ccccc1C/C=C/C(=O)O. The van der Waals surface area contributed by atoms with Crippen molar-refractivity contribution in [1.29, 1.82) is 0 Å². The van der Waals surface area contributed by atoms with Crippen LogP contribution in [-0.2, 0) is 16.0 Å². The van der Waals surface area contributed by atoms with Crippen molar-refractivity contribution < 1.29 is 19.4 Å². The highest BCUT2D eigenvalue weighted by Gasteiger charge is 2.03. The summed E-state index contributed by atoms with van der Waals surface area (Å²) in [4.78, 5) is 21.1. The molecule has 4 heteroatoms. The van der Waals surface area contributed by atoms with Gasteiger partial charge in [-0.25, -0.2) is 4.79 Å². The minimum absolute atomic E-state index is 0.394. The number of aliphatic carboxylic acids is 1. The predicted molar refractivity (Wildman–Crippen MR) is 58.2 cm³/mol. The fraction of sp³-hybridized carbons (Fsp3) is 0.167. The van der Waals surface area contributed by atoms with Gasteiger partial charge in [0, 0.05) is 13.0 Å². The molecular weight excluding hydrogens is 208 g/mol. The second-order valence-electron chi connectivity index (χ2n) is 3.15. The van der Waals surface area contributed by atoms with Gasteiger partial charge in [-0.05, 0) is 18.1 Å². The van der Waals surface area contributed by atoms with Crippen LogP contribution in [0.5, 0.6) is 5.75 Å².